The molecule has 198 valence electrons. The van der Waals surface area contributed by atoms with Crippen molar-refractivity contribution in [2.75, 3.05) is 26.3 Å². The molecule has 0 spiro atoms. The number of carbonyl (C=O) groups excluding carboxylic acids is 1. The van der Waals surface area contributed by atoms with Gasteiger partial charge in [0.15, 0.2) is 5.69 Å². The van der Waals surface area contributed by atoms with Crippen LogP contribution < -0.4 is 4.74 Å². The molecule has 1 saturated heterocycles. The van der Waals surface area contributed by atoms with Crippen molar-refractivity contribution < 1.29 is 32.5 Å². The van der Waals surface area contributed by atoms with E-state index in [2.05, 4.69) is 21.6 Å². The van der Waals surface area contributed by atoms with Crippen LogP contribution in [0.2, 0.25) is 0 Å². The maximum Gasteiger partial charge on any atom is 0.435 e. The van der Waals surface area contributed by atoms with Crippen molar-refractivity contribution >= 4 is 11.6 Å². The predicted octanol–water partition coefficient (Wildman–Crippen LogP) is 4.08. The number of benzene rings is 1. The first kappa shape index (κ1) is 25.3. The molecule has 0 aliphatic carbocycles. The minimum atomic E-state index is -4.69. The van der Waals surface area contributed by atoms with Crippen molar-refractivity contribution in [1.82, 2.24) is 29.0 Å². The Morgan fingerprint density at radius 1 is 1.26 bits per heavy atom. The molecule has 0 bridgehead atoms. The number of alkyl halides is 3. The third-order valence-electron chi connectivity index (χ3n) is 6.03. The smallest absolute Gasteiger partial charge is 0.435 e. The summed E-state index contributed by atoms with van der Waals surface area (Å²) in [4.78, 5) is 22.9. The second-order valence-corrected chi connectivity index (χ2v) is 8.61. The highest BCUT2D eigenvalue weighted by atomic mass is 19.4. The third kappa shape index (κ3) is 4.67. The van der Waals surface area contributed by atoms with E-state index in [0.29, 0.717) is 31.9 Å². The highest BCUT2D eigenvalue weighted by Crippen LogP contribution is 2.38. The number of amides is 1. The number of aromatic nitrogens is 5. The van der Waals surface area contributed by atoms with Crippen LogP contribution >= 0.6 is 0 Å². The van der Waals surface area contributed by atoms with Crippen molar-refractivity contribution in [3.8, 4) is 28.6 Å². The molecule has 0 radical (unpaired) electrons. The van der Waals surface area contributed by atoms with E-state index in [-0.39, 0.29) is 52.3 Å². The van der Waals surface area contributed by atoms with Gasteiger partial charge in [0.25, 0.3) is 11.8 Å². The Morgan fingerprint density at radius 3 is 2.71 bits per heavy atom. The van der Waals surface area contributed by atoms with Gasteiger partial charge in [0, 0.05) is 37.7 Å². The third-order valence-corrected chi connectivity index (χ3v) is 6.03. The van der Waals surface area contributed by atoms with Crippen molar-refractivity contribution in [2.45, 2.75) is 19.6 Å². The lowest BCUT2D eigenvalue weighted by Crippen LogP contribution is -2.41. The number of fused-ring (bicyclic) bond motifs is 1. The molecule has 1 aliphatic rings. The minimum absolute atomic E-state index is 0.00292. The maximum atomic E-state index is 13.7. The SMILES string of the molecule is C=CCn1cc(-c2cnc3c(Oc4cc(C)c(C(=O)N5CCOCC5)c(O)c4)nccn23)c(C(F)(F)F)n1. The normalized spacial score (nSPS) is 14.2. The molecule has 0 unspecified atom stereocenters. The average molecular weight is 528 g/mol. The number of phenols is 1. The van der Waals surface area contributed by atoms with Gasteiger partial charge in [-0.2, -0.15) is 18.3 Å². The standard InChI is InChI=1S/C25H23F3N6O4/c1-3-5-33-14-17(21(31-33)25(26,27)28)18-13-30-22-23(29-4-6-34(18)22)38-16-11-15(2)20(19(35)12-16)24(36)32-7-9-37-10-8-32/h3-4,6,11-14,35H,1,5,7-10H2,2H3. The number of allylic oxidation sites excluding steroid dienone is 1. The Morgan fingerprint density at radius 2 is 2.03 bits per heavy atom. The number of hydrogen-bond donors (Lipinski definition) is 1. The van der Waals surface area contributed by atoms with Crippen LogP contribution in [0.1, 0.15) is 21.6 Å². The first-order valence-corrected chi connectivity index (χ1v) is 11.6. The van der Waals surface area contributed by atoms with E-state index in [1.54, 1.807) is 17.9 Å². The van der Waals surface area contributed by atoms with Gasteiger partial charge in [-0.3, -0.25) is 13.9 Å². The Labute approximate surface area is 214 Å². The quantitative estimate of drug-likeness (QED) is 0.376. The van der Waals surface area contributed by atoms with Gasteiger partial charge in [-0.1, -0.05) is 6.08 Å². The van der Waals surface area contributed by atoms with E-state index in [9.17, 15) is 23.1 Å². The van der Waals surface area contributed by atoms with Crippen LogP contribution in [0, 0.1) is 6.92 Å². The molecule has 10 nitrogen and oxygen atoms in total. The van der Waals surface area contributed by atoms with Gasteiger partial charge >= 0.3 is 6.18 Å². The van der Waals surface area contributed by atoms with E-state index in [0.717, 1.165) is 4.68 Å². The average Bonchev–Trinajstić information content (AvgIpc) is 3.49. The Hall–Kier alpha value is -4.39. The van der Waals surface area contributed by atoms with E-state index >= 15 is 0 Å². The van der Waals surface area contributed by atoms with Crippen LogP contribution in [0.4, 0.5) is 13.2 Å². The zero-order chi connectivity index (χ0) is 27.0. The first-order valence-electron chi connectivity index (χ1n) is 11.6. The Bertz CT molecular complexity index is 1500. The highest BCUT2D eigenvalue weighted by Gasteiger charge is 2.38. The molecule has 0 atom stereocenters. The molecule has 1 aromatic carbocycles. The maximum absolute atomic E-state index is 13.7. The summed E-state index contributed by atoms with van der Waals surface area (Å²) in [6.07, 6.45) is 2.13. The lowest BCUT2D eigenvalue weighted by molar-refractivity contribution is -0.141. The summed E-state index contributed by atoms with van der Waals surface area (Å²) in [6, 6.07) is 2.86. The summed E-state index contributed by atoms with van der Waals surface area (Å²) in [6.45, 7) is 7.01. The number of rotatable bonds is 6. The summed E-state index contributed by atoms with van der Waals surface area (Å²) in [7, 11) is 0. The van der Waals surface area contributed by atoms with Gasteiger partial charge in [-0.25, -0.2) is 9.97 Å². The number of morpholine rings is 1. The van der Waals surface area contributed by atoms with Crippen LogP contribution in [-0.4, -0.2) is 66.4 Å². The van der Waals surface area contributed by atoms with Gasteiger partial charge in [0.2, 0.25) is 5.65 Å². The van der Waals surface area contributed by atoms with Crippen molar-refractivity contribution in [1.29, 1.82) is 0 Å². The number of phenolic OH excluding ortho intramolecular Hbond substituents is 1. The summed E-state index contributed by atoms with van der Waals surface area (Å²) >= 11 is 0. The molecular weight excluding hydrogens is 505 g/mol. The lowest BCUT2D eigenvalue weighted by atomic mass is 10.1. The van der Waals surface area contributed by atoms with Crippen molar-refractivity contribution in [3.05, 3.63) is 66.4 Å². The second kappa shape index (κ2) is 9.82. The molecule has 1 fully saturated rings. The fourth-order valence-corrected chi connectivity index (χ4v) is 4.32. The van der Waals surface area contributed by atoms with Crippen LogP contribution in [0.5, 0.6) is 17.4 Å². The largest absolute Gasteiger partial charge is 0.507 e. The second-order valence-electron chi connectivity index (χ2n) is 8.61. The summed E-state index contributed by atoms with van der Waals surface area (Å²) in [5, 5.41) is 14.3. The molecule has 5 rings (SSSR count). The van der Waals surface area contributed by atoms with Gasteiger partial charge in [-0.15, -0.1) is 6.58 Å². The van der Waals surface area contributed by atoms with Gasteiger partial charge in [0.05, 0.1) is 42.8 Å². The molecule has 1 amide bonds. The molecule has 1 aliphatic heterocycles. The van der Waals surface area contributed by atoms with E-state index < -0.39 is 11.9 Å². The number of imidazole rings is 1. The number of aromatic hydroxyl groups is 1. The number of hydrogen-bond acceptors (Lipinski definition) is 7. The van der Waals surface area contributed by atoms with Gasteiger partial charge in [-0.05, 0) is 18.6 Å². The topological polar surface area (TPSA) is 107 Å². The van der Waals surface area contributed by atoms with Gasteiger partial charge < -0.3 is 19.5 Å². The number of carbonyl (C=O) groups is 1. The fourth-order valence-electron chi connectivity index (χ4n) is 4.32. The fraction of sp³-hybridized carbons (Fsp3) is 0.280. The monoisotopic (exact) mass is 528 g/mol. The van der Waals surface area contributed by atoms with Crippen LogP contribution in [0.3, 0.4) is 0 Å². The molecule has 4 heterocycles. The van der Waals surface area contributed by atoms with Crippen LogP contribution in [0.25, 0.3) is 16.9 Å². The lowest BCUT2D eigenvalue weighted by Gasteiger charge is -2.27. The Kier molecular flexibility index (Phi) is 6.53. The molecule has 3 aromatic heterocycles. The van der Waals surface area contributed by atoms with Crippen molar-refractivity contribution in [3.63, 3.8) is 0 Å². The molecular formula is C25H23F3N6O4. The molecule has 38 heavy (non-hydrogen) atoms. The summed E-state index contributed by atoms with van der Waals surface area (Å²) in [5.41, 5.74) is -0.287. The van der Waals surface area contributed by atoms with Crippen LogP contribution in [0.15, 0.2) is 49.6 Å². The van der Waals surface area contributed by atoms with Crippen LogP contribution in [-0.2, 0) is 17.5 Å². The summed E-state index contributed by atoms with van der Waals surface area (Å²) < 4.78 is 54.9. The van der Waals surface area contributed by atoms with E-state index in [4.69, 9.17) is 9.47 Å². The minimum Gasteiger partial charge on any atom is -0.507 e. The molecule has 13 heteroatoms. The number of ether oxygens (including phenoxy) is 2. The van der Waals surface area contributed by atoms with Gasteiger partial charge in [0.1, 0.15) is 11.5 Å². The molecule has 0 saturated carbocycles. The summed E-state index contributed by atoms with van der Waals surface area (Å²) in [5.74, 6) is -0.405. The number of halogens is 3. The predicted molar refractivity (Wildman–Crippen MR) is 129 cm³/mol. The molecule has 1 N–H and O–H groups in total. The molecule has 4 aromatic rings. The zero-order valence-corrected chi connectivity index (χ0v) is 20.3. The zero-order valence-electron chi connectivity index (χ0n) is 20.3. The van der Waals surface area contributed by atoms with E-state index in [1.165, 1.54) is 41.3 Å². The van der Waals surface area contributed by atoms with E-state index in [1.807, 2.05) is 0 Å². The number of aryl methyl sites for hydroxylation is 1. The Balaban J connectivity index is 1.49. The highest BCUT2D eigenvalue weighted by molar-refractivity contribution is 5.98. The van der Waals surface area contributed by atoms with Crippen molar-refractivity contribution in [2.24, 2.45) is 0 Å². The first-order chi connectivity index (χ1) is 18.2. The number of nitrogens with zero attached hydrogens (tertiary/aromatic N) is 6.